The van der Waals surface area contributed by atoms with Crippen LogP contribution in [0.2, 0.25) is 0 Å². The quantitative estimate of drug-likeness (QED) is 0.189. The largest absolute Gasteiger partial charge is 0.497 e. The van der Waals surface area contributed by atoms with Crippen LogP contribution in [0, 0.1) is 0 Å². The van der Waals surface area contributed by atoms with Gasteiger partial charge in [0.25, 0.3) is 0 Å². The van der Waals surface area contributed by atoms with E-state index >= 15 is 0 Å². The number of rotatable bonds is 5. The molecule has 0 atom stereocenters. The van der Waals surface area contributed by atoms with Gasteiger partial charge in [-0.05, 0) is 96.1 Å². The molecule has 3 heterocycles. The van der Waals surface area contributed by atoms with Crippen molar-refractivity contribution in [1.82, 2.24) is 9.13 Å². The van der Waals surface area contributed by atoms with Gasteiger partial charge in [0.2, 0.25) is 0 Å². The number of aromatic nitrogens is 2. The van der Waals surface area contributed by atoms with Gasteiger partial charge >= 0.3 is 0 Å². The van der Waals surface area contributed by atoms with E-state index in [9.17, 15) is 0 Å². The molecule has 0 spiro atoms. The Bertz CT molecular complexity index is 2910. The van der Waals surface area contributed by atoms with Crippen LogP contribution in [-0.2, 0) is 0 Å². The number of fused-ring (bicyclic) bond motifs is 9. The van der Waals surface area contributed by atoms with Gasteiger partial charge in [-0.1, -0.05) is 60.7 Å². The SMILES string of the molecule is COc1ccc2c(c1)c1cc(-c3ccc4c(c3)c3cc(OC)ccc3n4-c3cccc4c3oc3ccccc34)ccc1n2-c1ccccc1. The van der Waals surface area contributed by atoms with Crippen LogP contribution in [0.25, 0.3) is 88.1 Å². The molecule has 0 aliphatic heterocycles. The lowest BCUT2D eigenvalue weighted by molar-refractivity contribution is 0.415. The van der Waals surface area contributed by atoms with Crippen molar-refractivity contribution in [3.8, 4) is 34.0 Å². The molecule has 0 radical (unpaired) electrons. The van der Waals surface area contributed by atoms with Crippen LogP contribution in [0.5, 0.6) is 11.5 Å². The van der Waals surface area contributed by atoms with E-state index in [0.717, 1.165) is 94.2 Å². The Morgan fingerprint density at radius 3 is 1.59 bits per heavy atom. The van der Waals surface area contributed by atoms with Crippen LogP contribution in [-0.4, -0.2) is 23.4 Å². The van der Waals surface area contributed by atoms with Crippen LogP contribution >= 0.6 is 0 Å². The van der Waals surface area contributed by atoms with Crippen molar-refractivity contribution in [3.05, 3.63) is 146 Å². The monoisotopic (exact) mass is 634 g/mol. The maximum atomic E-state index is 6.51. The predicted octanol–water partition coefficient (Wildman–Crippen LogP) is 11.5. The van der Waals surface area contributed by atoms with Crippen molar-refractivity contribution in [2.45, 2.75) is 0 Å². The first-order valence-electron chi connectivity index (χ1n) is 16.4. The standard InChI is InChI=1S/C44H30N2O3/c1-47-30-17-21-39-36(25-30)34-23-27(15-19-38(34)45(39)29-9-4-3-5-10-29)28-16-20-40-35(24-28)37-26-31(48-2)18-22-41(37)46(40)42-13-8-12-33-32-11-6-7-14-43(32)49-44(33)42/h3-26H,1-2H3. The number of nitrogens with zero attached hydrogens (tertiary/aromatic N) is 2. The predicted molar refractivity (Wildman–Crippen MR) is 201 cm³/mol. The number of ether oxygens (including phenoxy) is 2. The molecule has 0 saturated heterocycles. The fourth-order valence-electron chi connectivity index (χ4n) is 7.64. The zero-order chi connectivity index (χ0) is 32.6. The van der Waals surface area contributed by atoms with Crippen molar-refractivity contribution < 1.29 is 13.9 Å². The average molecular weight is 635 g/mol. The first-order valence-corrected chi connectivity index (χ1v) is 16.4. The molecular formula is C44H30N2O3. The molecule has 0 fully saturated rings. The van der Waals surface area contributed by atoms with Gasteiger partial charge in [0.15, 0.2) is 5.58 Å². The molecule has 0 amide bonds. The number of benzene rings is 7. The number of hydrogen-bond donors (Lipinski definition) is 0. The average Bonchev–Trinajstić information content (AvgIpc) is 3.81. The van der Waals surface area contributed by atoms with Crippen molar-refractivity contribution >= 4 is 65.6 Å². The van der Waals surface area contributed by atoms with E-state index in [-0.39, 0.29) is 0 Å². The minimum absolute atomic E-state index is 0.822. The molecule has 3 aromatic heterocycles. The van der Waals surface area contributed by atoms with Gasteiger partial charge in [-0.2, -0.15) is 0 Å². The summed E-state index contributed by atoms with van der Waals surface area (Å²) in [5.74, 6) is 1.66. The van der Waals surface area contributed by atoms with Gasteiger partial charge in [-0.25, -0.2) is 0 Å². The zero-order valence-electron chi connectivity index (χ0n) is 27.0. The third kappa shape index (κ3) is 4.06. The number of para-hydroxylation sites is 3. The first kappa shape index (κ1) is 27.6. The van der Waals surface area contributed by atoms with Crippen LogP contribution in [0.1, 0.15) is 0 Å². The van der Waals surface area contributed by atoms with E-state index in [4.69, 9.17) is 13.9 Å². The smallest absolute Gasteiger partial charge is 0.159 e. The van der Waals surface area contributed by atoms with Crippen LogP contribution in [0.15, 0.2) is 150 Å². The molecule has 0 unspecified atom stereocenters. The van der Waals surface area contributed by atoms with E-state index in [1.807, 2.05) is 24.3 Å². The number of hydrogen-bond acceptors (Lipinski definition) is 3. The third-order valence-corrected chi connectivity index (χ3v) is 9.92. The summed E-state index contributed by atoms with van der Waals surface area (Å²) in [7, 11) is 3.44. The summed E-state index contributed by atoms with van der Waals surface area (Å²) in [4.78, 5) is 0. The lowest BCUT2D eigenvalue weighted by Crippen LogP contribution is -1.94. The summed E-state index contributed by atoms with van der Waals surface area (Å²) in [6, 6.07) is 51.4. The Kier molecular flexibility index (Phi) is 5.94. The molecule has 0 bridgehead atoms. The third-order valence-electron chi connectivity index (χ3n) is 9.92. The highest BCUT2D eigenvalue weighted by molar-refractivity contribution is 6.15. The summed E-state index contributed by atoms with van der Waals surface area (Å²) < 4.78 is 22.5. The van der Waals surface area contributed by atoms with E-state index in [0.29, 0.717) is 0 Å². The van der Waals surface area contributed by atoms with Gasteiger partial charge in [0.05, 0.1) is 42.0 Å². The van der Waals surface area contributed by atoms with Gasteiger partial charge < -0.3 is 23.0 Å². The molecule has 0 aliphatic rings. The molecule has 0 aliphatic carbocycles. The van der Waals surface area contributed by atoms with Gasteiger partial charge in [-0.3, -0.25) is 0 Å². The maximum absolute atomic E-state index is 6.51. The van der Waals surface area contributed by atoms with Crippen molar-refractivity contribution in [3.63, 3.8) is 0 Å². The second-order valence-electron chi connectivity index (χ2n) is 12.5. The van der Waals surface area contributed by atoms with Gasteiger partial charge in [0.1, 0.15) is 17.1 Å². The Balaban J connectivity index is 1.22. The van der Waals surface area contributed by atoms with Crippen molar-refractivity contribution in [1.29, 1.82) is 0 Å². The summed E-state index contributed by atoms with van der Waals surface area (Å²) in [6.45, 7) is 0. The second kappa shape index (κ2) is 10.5. The Hall–Kier alpha value is -6.46. The highest BCUT2D eigenvalue weighted by Crippen LogP contribution is 2.41. The molecule has 234 valence electrons. The van der Waals surface area contributed by atoms with Crippen molar-refractivity contribution in [2.75, 3.05) is 14.2 Å². The zero-order valence-corrected chi connectivity index (χ0v) is 27.0. The molecule has 0 saturated carbocycles. The molecule has 5 heteroatoms. The maximum Gasteiger partial charge on any atom is 0.159 e. The van der Waals surface area contributed by atoms with Crippen molar-refractivity contribution in [2.24, 2.45) is 0 Å². The van der Waals surface area contributed by atoms with Crippen LogP contribution in [0.3, 0.4) is 0 Å². The van der Waals surface area contributed by atoms with E-state index < -0.39 is 0 Å². The second-order valence-corrected chi connectivity index (χ2v) is 12.5. The first-order chi connectivity index (χ1) is 24.2. The molecule has 7 aromatic carbocycles. The summed E-state index contributed by atoms with van der Waals surface area (Å²) in [5.41, 5.74) is 10.7. The summed E-state index contributed by atoms with van der Waals surface area (Å²) in [6.07, 6.45) is 0. The molecule has 10 rings (SSSR count). The van der Waals surface area contributed by atoms with E-state index in [1.54, 1.807) is 14.2 Å². The molecular weight excluding hydrogens is 604 g/mol. The van der Waals surface area contributed by atoms with Crippen LogP contribution in [0.4, 0.5) is 0 Å². The van der Waals surface area contributed by atoms with Gasteiger partial charge in [0, 0.05) is 38.0 Å². The fourth-order valence-corrected chi connectivity index (χ4v) is 7.64. The Labute approximate surface area is 281 Å². The topological polar surface area (TPSA) is 41.5 Å². The lowest BCUT2D eigenvalue weighted by atomic mass is 10.0. The normalized spacial score (nSPS) is 11.9. The minimum Gasteiger partial charge on any atom is -0.497 e. The molecule has 49 heavy (non-hydrogen) atoms. The number of methoxy groups -OCH3 is 2. The Morgan fingerprint density at radius 1 is 0.429 bits per heavy atom. The van der Waals surface area contributed by atoms with E-state index in [1.165, 1.54) is 5.39 Å². The highest BCUT2D eigenvalue weighted by Gasteiger charge is 2.20. The summed E-state index contributed by atoms with van der Waals surface area (Å²) in [5, 5.41) is 6.82. The lowest BCUT2D eigenvalue weighted by Gasteiger charge is -2.10. The fraction of sp³-hybridized carbons (Fsp3) is 0.0455. The minimum atomic E-state index is 0.822. The molecule has 10 aromatic rings. The van der Waals surface area contributed by atoms with Crippen LogP contribution < -0.4 is 9.47 Å². The summed E-state index contributed by atoms with van der Waals surface area (Å²) >= 11 is 0. The Morgan fingerprint density at radius 2 is 0.959 bits per heavy atom. The number of furan rings is 1. The molecule has 5 nitrogen and oxygen atoms in total. The van der Waals surface area contributed by atoms with E-state index in [2.05, 4.69) is 130 Å². The highest BCUT2D eigenvalue weighted by atomic mass is 16.5. The van der Waals surface area contributed by atoms with Gasteiger partial charge in [-0.15, -0.1) is 0 Å². The molecule has 0 N–H and O–H groups in total.